The number of rotatable bonds is 7. The zero-order valence-electron chi connectivity index (χ0n) is 9.26. The minimum Gasteiger partial charge on any atom is -0.396 e. The van der Waals surface area contributed by atoms with E-state index in [0.29, 0.717) is 0 Å². The standard InChI is InChI=1S/C10H20N4O/c1-9(11)10-8-14(13-12-10)6-4-2-3-5-7-15/h8-9,15H,2-7,11H2,1H3. The molecule has 0 aliphatic rings. The number of nitrogens with two attached hydrogens (primary N) is 1. The molecule has 15 heavy (non-hydrogen) atoms. The lowest BCUT2D eigenvalue weighted by Crippen LogP contribution is -2.05. The van der Waals surface area contributed by atoms with Gasteiger partial charge in [-0.3, -0.25) is 4.68 Å². The van der Waals surface area contributed by atoms with E-state index in [1.165, 1.54) is 0 Å². The summed E-state index contributed by atoms with van der Waals surface area (Å²) in [5, 5.41) is 16.6. The summed E-state index contributed by atoms with van der Waals surface area (Å²) in [7, 11) is 0. The third kappa shape index (κ3) is 4.40. The van der Waals surface area contributed by atoms with Gasteiger partial charge in [0.1, 0.15) is 0 Å². The molecule has 0 radical (unpaired) electrons. The summed E-state index contributed by atoms with van der Waals surface area (Å²) >= 11 is 0. The van der Waals surface area contributed by atoms with Gasteiger partial charge in [0, 0.05) is 19.2 Å². The van der Waals surface area contributed by atoms with Gasteiger partial charge in [0.2, 0.25) is 0 Å². The molecule has 0 amide bonds. The number of aliphatic hydroxyl groups excluding tert-OH is 1. The molecule has 5 heteroatoms. The number of hydrogen-bond donors (Lipinski definition) is 2. The van der Waals surface area contributed by atoms with Crippen LogP contribution in [0.1, 0.15) is 44.3 Å². The fraction of sp³-hybridized carbons (Fsp3) is 0.800. The molecule has 3 N–H and O–H groups in total. The van der Waals surface area contributed by atoms with Crippen LogP contribution in [-0.2, 0) is 6.54 Å². The van der Waals surface area contributed by atoms with Gasteiger partial charge in [-0.1, -0.05) is 18.1 Å². The summed E-state index contributed by atoms with van der Waals surface area (Å²) < 4.78 is 1.83. The van der Waals surface area contributed by atoms with Crippen molar-refractivity contribution in [2.45, 2.75) is 45.2 Å². The Morgan fingerprint density at radius 1 is 1.40 bits per heavy atom. The fourth-order valence-corrected chi connectivity index (χ4v) is 1.37. The van der Waals surface area contributed by atoms with E-state index in [2.05, 4.69) is 10.3 Å². The highest BCUT2D eigenvalue weighted by Crippen LogP contribution is 2.05. The van der Waals surface area contributed by atoms with Gasteiger partial charge in [-0.25, -0.2) is 0 Å². The number of nitrogens with zero attached hydrogens (tertiary/aromatic N) is 3. The van der Waals surface area contributed by atoms with Crippen LogP contribution in [0.25, 0.3) is 0 Å². The van der Waals surface area contributed by atoms with Crippen LogP contribution < -0.4 is 5.73 Å². The highest BCUT2D eigenvalue weighted by Gasteiger charge is 2.04. The topological polar surface area (TPSA) is 77.0 Å². The molecule has 1 aromatic heterocycles. The molecule has 0 aliphatic heterocycles. The van der Waals surface area contributed by atoms with Gasteiger partial charge in [0.25, 0.3) is 0 Å². The van der Waals surface area contributed by atoms with Crippen molar-refractivity contribution in [2.75, 3.05) is 6.61 Å². The van der Waals surface area contributed by atoms with Gasteiger partial charge in [-0.15, -0.1) is 5.10 Å². The highest BCUT2D eigenvalue weighted by atomic mass is 16.2. The minimum atomic E-state index is -0.0480. The van der Waals surface area contributed by atoms with Crippen LogP contribution in [0.15, 0.2) is 6.20 Å². The molecule has 1 aromatic rings. The summed E-state index contributed by atoms with van der Waals surface area (Å²) in [5.74, 6) is 0. The van der Waals surface area contributed by atoms with Crippen LogP contribution in [0.2, 0.25) is 0 Å². The summed E-state index contributed by atoms with van der Waals surface area (Å²) in [4.78, 5) is 0. The van der Waals surface area contributed by atoms with E-state index in [4.69, 9.17) is 10.8 Å². The van der Waals surface area contributed by atoms with Crippen molar-refractivity contribution in [3.63, 3.8) is 0 Å². The molecule has 0 aromatic carbocycles. The number of unbranched alkanes of at least 4 members (excludes halogenated alkanes) is 3. The second-order valence-electron chi connectivity index (χ2n) is 3.83. The smallest absolute Gasteiger partial charge is 0.0991 e. The molecule has 86 valence electrons. The van der Waals surface area contributed by atoms with Crippen LogP contribution in [0.3, 0.4) is 0 Å². The number of aryl methyl sites for hydroxylation is 1. The predicted octanol–water partition coefficient (Wildman–Crippen LogP) is 0.850. The summed E-state index contributed by atoms with van der Waals surface area (Å²) in [5.41, 5.74) is 6.52. The Kier molecular flexibility index (Phi) is 5.28. The number of aromatic nitrogens is 3. The summed E-state index contributed by atoms with van der Waals surface area (Å²) in [6.45, 7) is 3.07. The third-order valence-electron chi connectivity index (χ3n) is 2.32. The Hall–Kier alpha value is -0.940. The van der Waals surface area contributed by atoms with Gasteiger partial charge < -0.3 is 10.8 Å². The second kappa shape index (κ2) is 6.53. The van der Waals surface area contributed by atoms with Crippen LogP contribution in [-0.4, -0.2) is 26.7 Å². The first kappa shape index (κ1) is 12.1. The number of aliphatic hydroxyl groups is 1. The molecule has 1 heterocycles. The minimum absolute atomic E-state index is 0.0480. The lowest BCUT2D eigenvalue weighted by atomic mass is 10.2. The Labute approximate surface area is 90.3 Å². The summed E-state index contributed by atoms with van der Waals surface area (Å²) in [6.07, 6.45) is 6.06. The first-order valence-corrected chi connectivity index (χ1v) is 5.50. The van der Waals surface area contributed by atoms with Crippen molar-refractivity contribution in [1.82, 2.24) is 15.0 Å². The van der Waals surface area contributed by atoms with Crippen molar-refractivity contribution in [1.29, 1.82) is 0 Å². The van der Waals surface area contributed by atoms with Crippen molar-refractivity contribution in [3.8, 4) is 0 Å². The first-order chi connectivity index (χ1) is 7.24. The fourth-order valence-electron chi connectivity index (χ4n) is 1.37. The lowest BCUT2D eigenvalue weighted by Gasteiger charge is -2.00. The Morgan fingerprint density at radius 3 is 2.73 bits per heavy atom. The molecule has 1 unspecified atom stereocenters. The van der Waals surface area contributed by atoms with Crippen LogP contribution in [0, 0.1) is 0 Å². The zero-order chi connectivity index (χ0) is 11.1. The largest absolute Gasteiger partial charge is 0.396 e. The maximum atomic E-state index is 8.61. The average Bonchev–Trinajstić information content (AvgIpc) is 2.66. The molecule has 5 nitrogen and oxygen atoms in total. The second-order valence-corrected chi connectivity index (χ2v) is 3.83. The van der Waals surface area contributed by atoms with E-state index in [1.807, 2.05) is 17.8 Å². The number of hydrogen-bond acceptors (Lipinski definition) is 4. The van der Waals surface area contributed by atoms with Gasteiger partial charge in [0.05, 0.1) is 11.9 Å². The Balaban J connectivity index is 2.20. The summed E-state index contributed by atoms with van der Waals surface area (Å²) in [6, 6.07) is -0.0480. The van der Waals surface area contributed by atoms with E-state index in [-0.39, 0.29) is 12.6 Å². The van der Waals surface area contributed by atoms with E-state index in [9.17, 15) is 0 Å². The monoisotopic (exact) mass is 212 g/mol. The molecule has 1 atom stereocenters. The van der Waals surface area contributed by atoms with E-state index < -0.39 is 0 Å². The molecule has 0 saturated heterocycles. The molecular weight excluding hydrogens is 192 g/mol. The molecule has 1 rings (SSSR count). The highest BCUT2D eigenvalue weighted by molar-refractivity contribution is 4.97. The predicted molar refractivity (Wildman–Crippen MR) is 58.2 cm³/mol. The first-order valence-electron chi connectivity index (χ1n) is 5.50. The lowest BCUT2D eigenvalue weighted by molar-refractivity contribution is 0.282. The van der Waals surface area contributed by atoms with Crippen LogP contribution >= 0.6 is 0 Å². The maximum Gasteiger partial charge on any atom is 0.0991 e. The zero-order valence-corrected chi connectivity index (χ0v) is 9.26. The molecule has 0 spiro atoms. The quantitative estimate of drug-likeness (QED) is 0.657. The van der Waals surface area contributed by atoms with Crippen molar-refractivity contribution >= 4 is 0 Å². The molecule has 0 fully saturated rings. The Morgan fingerprint density at radius 2 is 2.13 bits per heavy atom. The van der Waals surface area contributed by atoms with Gasteiger partial charge in [-0.05, 0) is 19.8 Å². The SMILES string of the molecule is CC(N)c1cn(CCCCCCO)nn1. The van der Waals surface area contributed by atoms with Gasteiger partial charge >= 0.3 is 0 Å². The van der Waals surface area contributed by atoms with Crippen molar-refractivity contribution in [2.24, 2.45) is 5.73 Å². The van der Waals surface area contributed by atoms with Crippen LogP contribution in [0.5, 0.6) is 0 Å². The molecular formula is C10H20N4O. The molecule has 0 bridgehead atoms. The molecule has 0 aliphatic carbocycles. The third-order valence-corrected chi connectivity index (χ3v) is 2.32. The van der Waals surface area contributed by atoms with Crippen molar-refractivity contribution < 1.29 is 5.11 Å². The van der Waals surface area contributed by atoms with Gasteiger partial charge in [0.15, 0.2) is 0 Å². The normalized spacial score (nSPS) is 13.0. The average molecular weight is 212 g/mol. The van der Waals surface area contributed by atoms with Gasteiger partial charge in [-0.2, -0.15) is 0 Å². The van der Waals surface area contributed by atoms with Crippen LogP contribution in [0.4, 0.5) is 0 Å². The van der Waals surface area contributed by atoms with E-state index in [0.717, 1.165) is 37.9 Å². The van der Waals surface area contributed by atoms with Crippen molar-refractivity contribution in [3.05, 3.63) is 11.9 Å². The maximum absolute atomic E-state index is 8.61. The Bertz CT molecular complexity index is 272. The van der Waals surface area contributed by atoms with E-state index in [1.54, 1.807) is 0 Å². The molecule has 0 saturated carbocycles. The van der Waals surface area contributed by atoms with E-state index >= 15 is 0 Å².